The summed E-state index contributed by atoms with van der Waals surface area (Å²) in [5.41, 5.74) is 0. The molecule has 0 fully saturated rings. The van der Waals surface area contributed by atoms with Crippen molar-refractivity contribution in [2.45, 2.75) is 12.8 Å². The van der Waals surface area contributed by atoms with Crippen LogP contribution >= 0.6 is 0 Å². The monoisotopic (exact) mass is 204 g/mol. The first kappa shape index (κ1) is 13.2. The van der Waals surface area contributed by atoms with Crippen molar-refractivity contribution >= 4 is 5.97 Å². The van der Waals surface area contributed by atoms with Crippen LogP contribution in [0.15, 0.2) is 61.3 Å². The van der Waals surface area contributed by atoms with Crippen molar-refractivity contribution in [3.63, 3.8) is 0 Å². The Bertz CT molecular complexity index is 252. The minimum atomic E-state index is -0.981. The van der Waals surface area contributed by atoms with E-state index in [0.29, 0.717) is 0 Å². The van der Waals surface area contributed by atoms with Crippen LogP contribution in [0.5, 0.6) is 0 Å². The van der Waals surface area contributed by atoms with E-state index in [1.165, 1.54) is 0 Å². The highest BCUT2D eigenvalue weighted by Crippen LogP contribution is 1.93. The molecule has 0 saturated carbocycles. The molecule has 2 aliphatic rings. The molecule has 2 heteroatoms. The molecule has 2 nitrogen and oxygen atoms in total. The third-order valence-corrected chi connectivity index (χ3v) is 1.49. The zero-order chi connectivity index (χ0) is 11.4. The summed E-state index contributed by atoms with van der Waals surface area (Å²) >= 11 is 0. The number of hydrogen-bond donors (Lipinski definition) is 1. The van der Waals surface area contributed by atoms with Crippen LogP contribution in [-0.4, -0.2) is 11.1 Å². The molecule has 0 atom stereocenters. The molecule has 2 aliphatic carbocycles. The lowest BCUT2D eigenvalue weighted by molar-refractivity contribution is -0.131. The van der Waals surface area contributed by atoms with E-state index < -0.39 is 5.97 Å². The van der Waals surface area contributed by atoms with Crippen molar-refractivity contribution in [3.05, 3.63) is 61.3 Å². The van der Waals surface area contributed by atoms with Crippen molar-refractivity contribution in [3.8, 4) is 0 Å². The molecule has 0 aromatic heterocycles. The van der Waals surface area contributed by atoms with Gasteiger partial charge in [0.05, 0.1) is 0 Å². The summed E-state index contributed by atoms with van der Waals surface area (Å²) in [6, 6.07) is 0. The molecule has 1 N–H and O–H groups in total. The minimum Gasteiger partial charge on any atom is -0.478 e. The lowest BCUT2D eigenvalue weighted by Gasteiger charge is -1.64. The molecule has 80 valence electrons. The van der Waals surface area contributed by atoms with Crippen LogP contribution in [-0.2, 0) is 4.79 Å². The van der Waals surface area contributed by atoms with Gasteiger partial charge < -0.3 is 5.11 Å². The average molecular weight is 204 g/mol. The molecule has 0 radical (unpaired) electrons. The van der Waals surface area contributed by atoms with Gasteiger partial charge >= 0.3 is 5.97 Å². The largest absolute Gasteiger partial charge is 0.478 e. The van der Waals surface area contributed by atoms with Crippen molar-refractivity contribution in [1.29, 1.82) is 0 Å². The third kappa shape index (κ3) is 12.2. The van der Waals surface area contributed by atoms with Crippen LogP contribution < -0.4 is 0 Å². The average Bonchev–Trinajstić information content (AvgIpc) is 2.96. The van der Waals surface area contributed by atoms with E-state index in [2.05, 4.69) is 55.2 Å². The molecule has 15 heavy (non-hydrogen) atoms. The predicted octanol–water partition coefficient (Wildman–Crippen LogP) is 3.26. The Labute approximate surface area is 90.6 Å². The van der Waals surface area contributed by atoms with E-state index in [9.17, 15) is 4.79 Å². The Morgan fingerprint density at radius 2 is 1.27 bits per heavy atom. The van der Waals surface area contributed by atoms with Gasteiger partial charge in [-0.15, -0.1) is 0 Å². The first-order chi connectivity index (χ1) is 7.27. The second kappa shape index (κ2) is 10.3. The molecule has 0 unspecified atom stereocenters. The maximum absolute atomic E-state index is 9.25. The molecule has 0 spiro atoms. The van der Waals surface area contributed by atoms with E-state index in [-0.39, 0.29) is 0 Å². The van der Waals surface area contributed by atoms with Gasteiger partial charge in [-0.05, 0) is 12.8 Å². The van der Waals surface area contributed by atoms with E-state index in [0.717, 1.165) is 18.9 Å². The van der Waals surface area contributed by atoms with Gasteiger partial charge in [-0.3, -0.25) is 0 Å². The summed E-state index contributed by atoms with van der Waals surface area (Å²) in [6.07, 6.45) is 19.8. The van der Waals surface area contributed by atoms with Gasteiger partial charge in [0.15, 0.2) is 0 Å². The third-order valence-electron chi connectivity index (χ3n) is 1.49. The SMILES string of the molecule is C1=CCC=C1.C1=CCC=C1.C=CC(=O)O. The summed E-state index contributed by atoms with van der Waals surface area (Å²) in [7, 11) is 0. The fourth-order valence-electron chi connectivity index (χ4n) is 0.786. The maximum Gasteiger partial charge on any atom is 0.327 e. The van der Waals surface area contributed by atoms with Crippen LogP contribution in [0.4, 0.5) is 0 Å². The second-order valence-corrected chi connectivity index (χ2v) is 2.73. The number of carboxylic acids is 1. The van der Waals surface area contributed by atoms with Crippen LogP contribution in [0.3, 0.4) is 0 Å². The van der Waals surface area contributed by atoms with Gasteiger partial charge in [0, 0.05) is 6.08 Å². The number of rotatable bonds is 1. The van der Waals surface area contributed by atoms with Gasteiger partial charge in [0.1, 0.15) is 0 Å². The first-order valence-corrected chi connectivity index (χ1v) is 4.76. The highest BCUT2D eigenvalue weighted by atomic mass is 16.4. The summed E-state index contributed by atoms with van der Waals surface area (Å²) in [4.78, 5) is 9.25. The lowest BCUT2D eigenvalue weighted by Crippen LogP contribution is -1.82. The Balaban J connectivity index is 0.000000196. The molecule has 2 rings (SSSR count). The predicted molar refractivity (Wildman–Crippen MR) is 63.6 cm³/mol. The summed E-state index contributed by atoms with van der Waals surface area (Å²) in [5.74, 6) is -0.981. The topological polar surface area (TPSA) is 37.3 Å². The Hall–Kier alpha value is -1.83. The Kier molecular flexibility index (Phi) is 9.00. The molecule has 0 bridgehead atoms. The summed E-state index contributed by atoms with van der Waals surface area (Å²) in [6.45, 7) is 2.96. The van der Waals surface area contributed by atoms with Crippen LogP contribution in [0.25, 0.3) is 0 Å². The normalized spacial score (nSPS) is 13.9. The number of hydrogen-bond acceptors (Lipinski definition) is 1. The summed E-state index contributed by atoms with van der Waals surface area (Å²) < 4.78 is 0. The highest BCUT2D eigenvalue weighted by molar-refractivity contribution is 5.78. The van der Waals surface area contributed by atoms with Gasteiger partial charge in [0.2, 0.25) is 0 Å². The van der Waals surface area contributed by atoms with Crippen LogP contribution in [0, 0.1) is 0 Å². The van der Waals surface area contributed by atoms with Crippen molar-refractivity contribution < 1.29 is 9.90 Å². The molecule has 0 aliphatic heterocycles. The fourth-order valence-corrected chi connectivity index (χ4v) is 0.786. The standard InChI is InChI=1S/2C5H6.C3H4O2/c2*1-2-4-5-3-1;1-2-3(4)5/h2*1-4H,5H2;2H,1H2,(H,4,5). The van der Waals surface area contributed by atoms with E-state index in [4.69, 9.17) is 5.11 Å². The number of aliphatic carboxylic acids is 1. The Morgan fingerprint density at radius 1 is 1.00 bits per heavy atom. The molecule has 0 aromatic carbocycles. The smallest absolute Gasteiger partial charge is 0.327 e. The van der Waals surface area contributed by atoms with Crippen molar-refractivity contribution in [2.24, 2.45) is 0 Å². The highest BCUT2D eigenvalue weighted by Gasteiger charge is 1.73. The lowest BCUT2D eigenvalue weighted by atomic mass is 10.5. The number of carbonyl (C=O) groups is 1. The van der Waals surface area contributed by atoms with E-state index in [1.807, 2.05) is 0 Å². The molecular weight excluding hydrogens is 188 g/mol. The van der Waals surface area contributed by atoms with Gasteiger partial charge in [-0.25, -0.2) is 4.79 Å². The van der Waals surface area contributed by atoms with Crippen molar-refractivity contribution in [2.75, 3.05) is 0 Å². The van der Waals surface area contributed by atoms with Gasteiger partial charge in [-0.2, -0.15) is 0 Å². The zero-order valence-corrected chi connectivity index (χ0v) is 8.67. The van der Waals surface area contributed by atoms with E-state index in [1.54, 1.807) is 0 Å². The molecule has 0 saturated heterocycles. The fraction of sp³-hybridized carbons (Fsp3) is 0.154. The van der Waals surface area contributed by atoms with Crippen molar-refractivity contribution in [1.82, 2.24) is 0 Å². The van der Waals surface area contributed by atoms with E-state index >= 15 is 0 Å². The van der Waals surface area contributed by atoms with Gasteiger partial charge in [-0.1, -0.05) is 55.2 Å². The van der Waals surface area contributed by atoms with Gasteiger partial charge in [0.25, 0.3) is 0 Å². The Morgan fingerprint density at radius 3 is 1.33 bits per heavy atom. The van der Waals surface area contributed by atoms with Crippen LogP contribution in [0.1, 0.15) is 12.8 Å². The second-order valence-electron chi connectivity index (χ2n) is 2.73. The zero-order valence-electron chi connectivity index (χ0n) is 8.67. The molecular formula is C13H16O2. The quantitative estimate of drug-likeness (QED) is 0.665. The molecule has 0 heterocycles. The number of carboxylic acid groups (broad SMARTS) is 1. The molecule has 0 aromatic rings. The summed E-state index contributed by atoms with van der Waals surface area (Å²) in [5, 5.41) is 7.60. The molecule has 0 amide bonds. The first-order valence-electron chi connectivity index (χ1n) is 4.76. The maximum atomic E-state index is 9.25. The number of allylic oxidation sites excluding steroid dienone is 8. The van der Waals surface area contributed by atoms with Crippen LogP contribution in [0.2, 0.25) is 0 Å². The minimum absolute atomic E-state index is 0.833.